The molecule has 0 bridgehead atoms. The van der Waals surface area contributed by atoms with E-state index in [4.69, 9.17) is 16.3 Å². The first-order valence-electron chi connectivity index (χ1n) is 8.49. The molecule has 0 N–H and O–H groups in total. The van der Waals surface area contributed by atoms with Gasteiger partial charge in [-0.05, 0) is 36.5 Å². The molecule has 116 valence electrons. The lowest BCUT2D eigenvalue weighted by Crippen LogP contribution is -2.18. The molecule has 1 aliphatic heterocycles. The van der Waals surface area contributed by atoms with Crippen molar-refractivity contribution < 1.29 is 4.74 Å². The minimum absolute atomic E-state index is 0.114. The molecule has 1 nitrogen and oxygen atoms in total. The first kappa shape index (κ1) is 15.2. The van der Waals surface area contributed by atoms with E-state index in [0.717, 1.165) is 12.4 Å². The summed E-state index contributed by atoms with van der Waals surface area (Å²) < 4.78 is 5.79. The van der Waals surface area contributed by atoms with Crippen LogP contribution in [0.4, 0.5) is 0 Å². The molecule has 1 aliphatic carbocycles. The number of benzene rings is 1. The highest BCUT2D eigenvalue weighted by molar-refractivity contribution is 6.21. The van der Waals surface area contributed by atoms with E-state index in [0.29, 0.717) is 5.92 Å². The number of hydrogen-bond acceptors (Lipinski definition) is 1. The van der Waals surface area contributed by atoms with Crippen molar-refractivity contribution in [1.82, 2.24) is 0 Å². The van der Waals surface area contributed by atoms with E-state index in [9.17, 15) is 0 Å². The number of fused-ring (bicyclic) bond motifs is 1. The highest BCUT2D eigenvalue weighted by Crippen LogP contribution is 2.43. The molecule has 1 aromatic rings. The van der Waals surface area contributed by atoms with Crippen LogP contribution in [-0.2, 0) is 5.41 Å². The van der Waals surface area contributed by atoms with Crippen molar-refractivity contribution in [2.24, 2.45) is 5.92 Å². The molecule has 3 rings (SSSR count). The maximum Gasteiger partial charge on any atom is 0.123 e. The molecule has 0 radical (unpaired) electrons. The molecule has 1 atom stereocenters. The second-order valence-corrected chi connectivity index (χ2v) is 7.91. The van der Waals surface area contributed by atoms with Gasteiger partial charge in [-0.15, -0.1) is 11.6 Å². The minimum Gasteiger partial charge on any atom is -0.492 e. The lowest BCUT2D eigenvalue weighted by atomic mass is 9.83. The first-order valence-corrected chi connectivity index (χ1v) is 8.93. The minimum atomic E-state index is 0.114. The lowest BCUT2D eigenvalue weighted by molar-refractivity contribution is 0.291. The highest BCUT2D eigenvalue weighted by Gasteiger charge is 2.33. The van der Waals surface area contributed by atoms with Crippen LogP contribution in [0.2, 0.25) is 0 Å². The Morgan fingerprint density at radius 1 is 1.10 bits per heavy atom. The monoisotopic (exact) mass is 306 g/mol. The van der Waals surface area contributed by atoms with Gasteiger partial charge in [0.05, 0.1) is 12.0 Å². The summed E-state index contributed by atoms with van der Waals surface area (Å²) in [5, 5.41) is 0.157. The zero-order valence-electron chi connectivity index (χ0n) is 13.3. The van der Waals surface area contributed by atoms with Crippen molar-refractivity contribution in [2.75, 3.05) is 6.61 Å². The van der Waals surface area contributed by atoms with Gasteiger partial charge >= 0.3 is 0 Å². The zero-order valence-corrected chi connectivity index (χ0v) is 14.1. The van der Waals surface area contributed by atoms with E-state index >= 15 is 0 Å². The normalized spacial score (nSPS) is 23.8. The summed E-state index contributed by atoms with van der Waals surface area (Å²) in [5.41, 5.74) is 2.74. The van der Waals surface area contributed by atoms with Gasteiger partial charge in [-0.25, -0.2) is 0 Å². The molecule has 0 saturated heterocycles. The Morgan fingerprint density at radius 2 is 1.76 bits per heavy atom. The fourth-order valence-corrected chi connectivity index (χ4v) is 4.15. The third-order valence-electron chi connectivity index (χ3n) is 5.20. The van der Waals surface area contributed by atoms with Crippen LogP contribution in [0.3, 0.4) is 0 Å². The topological polar surface area (TPSA) is 9.23 Å². The predicted octanol–water partition coefficient (Wildman–Crippen LogP) is 6.00. The van der Waals surface area contributed by atoms with Gasteiger partial charge in [-0.1, -0.05) is 52.0 Å². The third-order valence-corrected chi connectivity index (χ3v) is 5.81. The van der Waals surface area contributed by atoms with Gasteiger partial charge in [-0.3, -0.25) is 0 Å². The average molecular weight is 307 g/mol. The largest absolute Gasteiger partial charge is 0.492 e. The van der Waals surface area contributed by atoms with E-state index in [2.05, 4.69) is 32.0 Å². The summed E-state index contributed by atoms with van der Waals surface area (Å²) in [7, 11) is 0. The standard InChI is InChI=1S/C19H27ClO/c1-19(2)13-21-17-11-10-15(12-16(17)19)18(20)14-8-6-4-3-5-7-9-14/h10-12,14,18H,3-9,13H2,1-2H3. The van der Waals surface area contributed by atoms with E-state index in [1.807, 2.05) is 0 Å². The molecule has 2 heteroatoms. The van der Waals surface area contributed by atoms with Crippen molar-refractivity contribution in [2.45, 2.75) is 69.6 Å². The van der Waals surface area contributed by atoms with Crippen LogP contribution in [0.1, 0.15) is 75.3 Å². The van der Waals surface area contributed by atoms with Gasteiger partial charge in [0.1, 0.15) is 5.75 Å². The molecule has 1 unspecified atom stereocenters. The van der Waals surface area contributed by atoms with Gasteiger partial charge in [-0.2, -0.15) is 0 Å². The molecule has 2 aliphatic rings. The fraction of sp³-hybridized carbons (Fsp3) is 0.684. The van der Waals surface area contributed by atoms with Crippen LogP contribution in [-0.4, -0.2) is 6.61 Å². The number of ether oxygens (including phenoxy) is 1. The number of hydrogen-bond donors (Lipinski definition) is 0. The summed E-state index contributed by atoms with van der Waals surface area (Å²) in [6.07, 6.45) is 9.41. The molecule has 1 aromatic carbocycles. The van der Waals surface area contributed by atoms with E-state index in [-0.39, 0.29) is 10.8 Å². The average Bonchev–Trinajstić information content (AvgIpc) is 2.73. The second kappa shape index (κ2) is 6.20. The molecule has 21 heavy (non-hydrogen) atoms. The van der Waals surface area contributed by atoms with Crippen molar-refractivity contribution in [1.29, 1.82) is 0 Å². The summed E-state index contributed by atoms with van der Waals surface area (Å²) in [6.45, 7) is 5.28. The number of halogens is 1. The van der Waals surface area contributed by atoms with Crippen LogP contribution in [0, 0.1) is 5.92 Å². The molecule has 1 heterocycles. The SMILES string of the molecule is CC1(C)COc2ccc(C(Cl)C3CCCCCCC3)cc21. The summed E-state index contributed by atoms with van der Waals surface area (Å²) in [6, 6.07) is 6.60. The maximum atomic E-state index is 6.86. The Morgan fingerprint density at radius 3 is 2.48 bits per heavy atom. The van der Waals surface area contributed by atoms with Crippen LogP contribution in [0.25, 0.3) is 0 Å². The molecule has 1 fully saturated rings. The van der Waals surface area contributed by atoms with E-state index in [1.165, 1.54) is 56.1 Å². The van der Waals surface area contributed by atoms with E-state index < -0.39 is 0 Å². The Balaban J connectivity index is 1.79. The predicted molar refractivity (Wildman–Crippen MR) is 89.4 cm³/mol. The Bertz CT molecular complexity index is 486. The molecule has 1 saturated carbocycles. The van der Waals surface area contributed by atoms with Gasteiger partial charge in [0.2, 0.25) is 0 Å². The van der Waals surface area contributed by atoms with Crippen LogP contribution in [0.5, 0.6) is 5.75 Å². The Kier molecular flexibility index (Phi) is 4.49. The van der Waals surface area contributed by atoms with Gasteiger partial charge in [0.25, 0.3) is 0 Å². The summed E-state index contributed by atoms with van der Waals surface area (Å²) >= 11 is 6.86. The number of alkyl halides is 1. The fourth-order valence-electron chi connectivity index (χ4n) is 3.76. The van der Waals surface area contributed by atoms with Crippen LogP contribution >= 0.6 is 11.6 Å². The van der Waals surface area contributed by atoms with Gasteiger partial charge in [0.15, 0.2) is 0 Å². The molecular weight excluding hydrogens is 280 g/mol. The van der Waals surface area contributed by atoms with Crippen molar-refractivity contribution >= 4 is 11.6 Å². The van der Waals surface area contributed by atoms with E-state index in [1.54, 1.807) is 0 Å². The van der Waals surface area contributed by atoms with Crippen molar-refractivity contribution in [3.63, 3.8) is 0 Å². The van der Waals surface area contributed by atoms with Crippen molar-refractivity contribution in [3.05, 3.63) is 29.3 Å². The van der Waals surface area contributed by atoms with Crippen LogP contribution in [0.15, 0.2) is 18.2 Å². The van der Waals surface area contributed by atoms with Crippen molar-refractivity contribution in [3.8, 4) is 5.75 Å². The molecule has 0 spiro atoms. The highest BCUT2D eigenvalue weighted by atomic mass is 35.5. The van der Waals surface area contributed by atoms with Crippen LogP contribution < -0.4 is 4.74 Å². The Hall–Kier alpha value is -0.690. The third kappa shape index (κ3) is 3.23. The summed E-state index contributed by atoms with van der Waals surface area (Å²) in [5.74, 6) is 1.68. The summed E-state index contributed by atoms with van der Waals surface area (Å²) in [4.78, 5) is 0. The first-order chi connectivity index (χ1) is 10.1. The molecule has 0 amide bonds. The molecule has 0 aromatic heterocycles. The zero-order chi connectivity index (χ0) is 14.9. The molecular formula is C19H27ClO. The Labute approximate surface area is 134 Å². The number of rotatable bonds is 2. The smallest absolute Gasteiger partial charge is 0.123 e. The van der Waals surface area contributed by atoms with Gasteiger partial charge in [0, 0.05) is 11.0 Å². The second-order valence-electron chi connectivity index (χ2n) is 7.44. The quantitative estimate of drug-likeness (QED) is 0.609. The lowest BCUT2D eigenvalue weighted by Gasteiger charge is -2.25. The maximum absolute atomic E-state index is 6.86. The van der Waals surface area contributed by atoms with Gasteiger partial charge < -0.3 is 4.74 Å².